The molecule has 2 aromatic carbocycles. The average molecular weight is 581 g/mol. The fourth-order valence-corrected chi connectivity index (χ4v) is 5.04. The van der Waals surface area contributed by atoms with Crippen LogP contribution in [0, 0.1) is 12.7 Å². The Hall–Kier alpha value is -5.43. The van der Waals surface area contributed by atoms with Gasteiger partial charge in [-0.3, -0.25) is 14.6 Å². The molecule has 1 aliphatic heterocycles. The van der Waals surface area contributed by atoms with Crippen molar-refractivity contribution >= 4 is 28.4 Å². The highest BCUT2D eigenvalue weighted by atomic mass is 19.1. The Morgan fingerprint density at radius 2 is 1.98 bits per heavy atom. The summed E-state index contributed by atoms with van der Waals surface area (Å²) in [4.78, 5) is 32.6. The lowest BCUT2D eigenvalue weighted by molar-refractivity contribution is -0.133. The SMILES string of the molecule is CN[C@@H](C)C(=O)NC1C(=O)NC(c2cccc(-c3nn[nH]n3)c2)=CN1Cc1cncc(-n2cc(C)c3cc(F)ccc32)c1. The Kier molecular flexibility index (Phi) is 7.38. The number of carbonyl (C=O) groups is 2. The summed E-state index contributed by atoms with van der Waals surface area (Å²) in [7, 11) is 1.68. The molecule has 2 amide bonds. The lowest BCUT2D eigenvalue weighted by Gasteiger charge is -2.35. The van der Waals surface area contributed by atoms with E-state index in [1.165, 1.54) is 12.1 Å². The monoisotopic (exact) mass is 580 g/mol. The molecular weight excluding hydrogens is 551 g/mol. The van der Waals surface area contributed by atoms with Crippen molar-refractivity contribution in [1.82, 2.24) is 51.0 Å². The van der Waals surface area contributed by atoms with E-state index in [0.717, 1.165) is 38.8 Å². The van der Waals surface area contributed by atoms with E-state index in [1.807, 2.05) is 48.0 Å². The Bertz CT molecular complexity index is 1850. The van der Waals surface area contributed by atoms with E-state index in [4.69, 9.17) is 0 Å². The number of amides is 2. The van der Waals surface area contributed by atoms with Crippen LogP contribution in [0.4, 0.5) is 4.39 Å². The molecule has 0 aliphatic carbocycles. The number of nitrogens with one attached hydrogen (secondary N) is 4. The number of nitrogens with zero attached hydrogens (tertiary/aromatic N) is 6. The molecule has 0 bridgehead atoms. The summed E-state index contributed by atoms with van der Waals surface area (Å²) in [5.74, 6) is -0.588. The van der Waals surface area contributed by atoms with Crippen LogP contribution >= 0.6 is 0 Å². The first-order chi connectivity index (χ1) is 20.8. The van der Waals surface area contributed by atoms with Crippen molar-refractivity contribution in [2.75, 3.05) is 7.05 Å². The van der Waals surface area contributed by atoms with Crippen molar-refractivity contribution in [3.63, 3.8) is 0 Å². The number of rotatable bonds is 8. The summed E-state index contributed by atoms with van der Waals surface area (Å²) in [5, 5.41) is 23.6. The molecule has 3 aromatic heterocycles. The summed E-state index contributed by atoms with van der Waals surface area (Å²) in [5.41, 5.74) is 5.35. The number of benzene rings is 2. The molecule has 4 heterocycles. The standard InChI is InChI=1S/C30H29FN10O2/c1-17-14-41(26-8-7-22(31)11-24(17)26)23-9-19(12-33-13-23)15-40-16-25(34-30(43)28(40)35-29(42)18(2)32-3)20-5-4-6-21(10-20)27-36-38-39-37-27/h4-14,16,18,28,32H,15H2,1-3H3,(H,34,43)(H,35,42)(H,36,37,38,39)/t18-,28?/m0/s1. The van der Waals surface area contributed by atoms with Crippen LogP contribution in [0.2, 0.25) is 0 Å². The number of halogens is 1. The van der Waals surface area contributed by atoms with Gasteiger partial charge in [-0.05, 0) is 67.6 Å². The molecule has 0 saturated heterocycles. The number of carbonyl (C=O) groups excluding carboxylic acids is 2. The van der Waals surface area contributed by atoms with E-state index in [-0.39, 0.29) is 18.3 Å². The molecular formula is C30H29FN10O2. The van der Waals surface area contributed by atoms with Gasteiger partial charge in [-0.2, -0.15) is 5.21 Å². The van der Waals surface area contributed by atoms with Crippen molar-refractivity contribution in [3.05, 3.63) is 95.8 Å². The topological polar surface area (TPSA) is 146 Å². The van der Waals surface area contributed by atoms with Crippen LogP contribution in [0.1, 0.15) is 23.6 Å². The Morgan fingerprint density at radius 3 is 2.77 bits per heavy atom. The van der Waals surface area contributed by atoms with E-state index >= 15 is 0 Å². The summed E-state index contributed by atoms with van der Waals surface area (Å²) in [6.45, 7) is 3.91. The minimum atomic E-state index is -0.978. The lowest BCUT2D eigenvalue weighted by atomic mass is 10.1. The smallest absolute Gasteiger partial charge is 0.267 e. The minimum absolute atomic E-state index is 0.258. The summed E-state index contributed by atoms with van der Waals surface area (Å²) in [6, 6.07) is 13.5. The van der Waals surface area contributed by atoms with E-state index < -0.39 is 18.1 Å². The van der Waals surface area contributed by atoms with Gasteiger partial charge in [0.1, 0.15) is 5.82 Å². The Morgan fingerprint density at radius 1 is 1.14 bits per heavy atom. The Labute approximate surface area is 246 Å². The highest BCUT2D eigenvalue weighted by molar-refractivity contribution is 5.95. The number of aromatic amines is 1. The Balaban J connectivity index is 1.36. The van der Waals surface area contributed by atoms with Gasteiger partial charge in [0.25, 0.3) is 5.91 Å². The first-order valence-corrected chi connectivity index (χ1v) is 13.6. The predicted molar refractivity (Wildman–Crippen MR) is 157 cm³/mol. The molecule has 13 heteroatoms. The molecule has 218 valence electrons. The number of hydrogen-bond donors (Lipinski definition) is 4. The molecule has 5 aromatic rings. The van der Waals surface area contributed by atoms with E-state index in [9.17, 15) is 14.0 Å². The third-order valence-electron chi connectivity index (χ3n) is 7.40. The zero-order valence-corrected chi connectivity index (χ0v) is 23.7. The normalized spacial score (nSPS) is 15.7. The van der Waals surface area contributed by atoms with E-state index in [0.29, 0.717) is 11.5 Å². The van der Waals surface area contributed by atoms with Crippen LogP contribution in [0.15, 0.2) is 73.3 Å². The molecule has 1 unspecified atom stereocenters. The molecule has 12 nitrogen and oxygen atoms in total. The fraction of sp³-hybridized carbons (Fsp3) is 0.200. The zero-order chi connectivity index (χ0) is 30.1. The van der Waals surface area contributed by atoms with Gasteiger partial charge >= 0.3 is 0 Å². The molecule has 0 fully saturated rings. The summed E-state index contributed by atoms with van der Waals surface area (Å²) < 4.78 is 15.9. The van der Waals surface area contributed by atoms with Crippen molar-refractivity contribution in [2.45, 2.75) is 32.6 Å². The average Bonchev–Trinajstić information content (AvgIpc) is 3.67. The molecule has 4 N–H and O–H groups in total. The van der Waals surface area contributed by atoms with Gasteiger partial charge in [0, 0.05) is 41.7 Å². The molecule has 1 aliphatic rings. The minimum Gasteiger partial charge on any atom is -0.343 e. The van der Waals surface area contributed by atoms with Gasteiger partial charge in [0.05, 0.1) is 29.1 Å². The highest BCUT2D eigenvalue weighted by Crippen LogP contribution is 2.27. The highest BCUT2D eigenvalue weighted by Gasteiger charge is 2.32. The number of hydrogen-bond acceptors (Lipinski definition) is 8. The molecule has 0 saturated carbocycles. The number of tetrazole rings is 1. The first kappa shape index (κ1) is 27.7. The largest absolute Gasteiger partial charge is 0.343 e. The second-order valence-corrected chi connectivity index (χ2v) is 10.3. The van der Waals surface area contributed by atoms with Gasteiger partial charge in [-0.25, -0.2) is 4.39 Å². The van der Waals surface area contributed by atoms with Crippen molar-refractivity contribution in [3.8, 4) is 17.1 Å². The van der Waals surface area contributed by atoms with Gasteiger partial charge in [0.2, 0.25) is 11.7 Å². The van der Waals surface area contributed by atoms with Crippen LogP contribution in [-0.4, -0.2) is 66.1 Å². The second-order valence-electron chi connectivity index (χ2n) is 10.3. The van der Waals surface area contributed by atoms with Gasteiger partial charge in [-0.1, -0.05) is 18.2 Å². The summed E-state index contributed by atoms with van der Waals surface area (Å²) in [6.07, 6.45) is 6.21. The van der Waals surface area contributed by atoms with Gasteiger partial charge < -0.3 is 25.4 Å². The van der Waals surface area contributed by atoms with Crippen molar-refractivity contribution < 1.29 is 14.0 Å². The summed E-state index contributed by atoms with van der Waals surface area (Å²) >= 11 is 0. The number of pyridine rings is 1. The van der Waals surface area contributed by atoms with Gasteiger partial charge in [-0.15, -0.1) is 10.2 Å². The molecule has 2 atom stereocenters. The van der Waals surface area contributed by atoms with Crippen LogP contribution in [0.5, 0.6) is 0 Å². The van der Waals surface area contributed by atoms with Crippen LogP contribution in [0.3, 0.4) is 0 Å². The van der Waals surface area contributed by atoms with Crippen molar-refractivity contribution in [1.29, 1.82) is 0 Å². The third kappa shape index (κ3) is 5.57. The number of H-pyrrole nitrogens is 1. The quantitative estimate of drug-likeness (QED) is 0.219. The third-order valence-corrected chi connectivity index (χ3v) is 7.40. The van der Waals surface area contributed by atoms with Crippen LogP contribution in [-0.2, 0) is 16.1 Å². The van der Waals surface area contributed by atoms with E-state index in [1.54, 1.807) is 43.5 Å². The van der Waals surface area contributed by atoms with Crippen LogP contribution in [0.25, 0.3) is 33.7 Å². The maximum atomic E-state index is 13.9. The molecule has 0 radical (unpaired) electrons. The van der Waals surface area contributed by atoms with Crippen LogP contribution < -0.4 is 16.0 Å². The maximum Gasteiger partial charge on any atom is 0.267 e. The second kappa shape index (κ2) is 11.4. The number of aromatic nitrogens is 6. The zero-order valence-electron chi connectivity index (χ0n) is 23.7. The number of likely N-dealkylation sites (N-methyl/N-ethyl adjacent to an activating group) is 1. The molecule has 43 heavy (non-hydrogen) atoms. The molecule has 0 spiro atoms. The fourth-order valence-electron chi connectivity index (χ4n) is 5.04. The first-order valence-electron chi connectivity index (χ1n) is 13.6. The van der Waals surface area contributed by atoms with E-state index in [2.05, 4.69) is 41.6 Å². The number of aryl methyl sites for hydroxylation is 1. The lowest BCUT2D eigenvalue weighted by Crippen LogP contribution is -2.59. The molecule has 6 rings (SSSR count). The van der Waals surface area contributed by atoms with Gasteiger partial charge in [0.15, 0.2) is 6.17 Å². The number of fused-ring (bicyclic) bond motifs is 1. The predicted octanol–water partition coefficient (Wildman–Crippen LogP) is 2.63. The van der Waals surface area contributed by atoms with Crippen molar-refractivity contribution in [2.24, 2.45) is 0 Å². The maximum absolute atomic E-state index is 13.9.